The average Bonchev–Trinajstić information content (AvgIpc) is 3.25. The number of hydrogen-bond donors (Lipinski definition) is 1. The van der Waals surface area contributed by atoms with Crippen LogP contribution in [0.3, 0.4) is 0 Å². The van der Waals surface area contributed by atoms with Crippen molar-refractivity contribution in [2.75, 3.05) is 5.32 Å². The van der Waals surface area contributed by atoms with Crippen molar-refractivity contribution in [2.45, 2.75) is 13.3 Å². The molecule has 0 bridgehead atoms. The lowest BCUT2D eigenvalue weighted by Crippen LogP contribution is -2.16. The number of aryl methyl sites for hydroxylation is 1. The van der Waals surface area contributed by atoms with E-state index < -0.39 is 0 Å². The highest BCUT2D eigenvalue weighted by Crippen LogP contribution is 2.27. The van der Waals surface area contributed by atoms with Gasteiger partial charge < -0.3 is 9.84 Å². The number of hydrogen-bond acceptors (Lipinski definition) is 6. The van der Waals surface area contributed by atoms with Crippen LogP contribution in [0.4, 0.5) is 5.69 Å². The van der Waals surface area contributed by atoms with E-state index in [4.69, 9.17) is 16.1 Å². The van der Waals surface area contributed by atoms with Crippen molar-refractivity contribution in [2.24, 2.45) is 0 Å². The molecule has 1 aromatic carbocycles. The molecule has 0 saturated heterocycles. The van der Waals surface area contributed by atoms with Crippen molar-refractivity contribution in [1.29, 1.82) is 0 Å². The summed E-state index contributed by atoms with van der Waals surface area (Å²) in [5.74, 6) is 0.184. The summed E-state index contributed by atoms with van der Waals surface area (Å²) in [6.45, 7) is 1.97. The molecule has 7 nitrogen and oxygen atoms in total. The van der Waals surface area contributed by atoms with Crippen LogP contribution in [-0.4, -0.2) is 26.0 Å². The van der Waals surface area contributed by atoms with Crippen LogP contribution >= 0.6 is 11.6 Å². The van der Waals surface area contributed by atoms with Crippen LogP contribution < -0.4 is 5.32 Å². The molecule has 1 amide bonds. The summed E-state index contributed by atoms with van der Waals surface area (Å²) >= 11 is 6.15. The standard InChI is InChI=1S/C21H16ClN5O2/c1-13-6-8-23-17(10-13)21-24-12-18(20(26-21)16-7-9-29-27-16)25-19(28)11-14-4-2-3-5-15(14)22/h2-10,12H,11H2,1H3,(H,25,28). The maximum atomic E-state index is 12.6. The van der Waals surface area contributed by atoms with Gasteiger partial charge in [-0.15, -0.1) is 0 Å². The van der Waals surface area contributed by atoms with E-state index in [1.54, 1.807) is 24.5 Å². The van der Waals surface area contributed by atoms with Crippen molar-refractivity contribution in [1.82, 2.24) is 20.1 Å². The van der Waals surface area contributed by atoms with E-state index in [1.807, 2.05) is 37.3 Å². The van der Waals surface area contributed by atoms with Crippen LogP contribution in [0.5, 0.6) is 0 Å². The van der Waals surface area contributed by atoms with Gasteiger partial charge in [-0.05, 0) is 36.2 Å². The summed E-state index contributed by atoms with van der Waals surface area (Å²) in [7, 11) is 0. The van der Waals surface area contributed by atoms with Crippen molar-refractivity contribution in [3.63, 3.8) is 0 Å². The molecule has 1 N–H and O–H groups in total. The third-order valence-corrected chi connectivity index (χ3v) is 4.57. The summed E-state index contributed by atoms with van der Waals surface area (Å²) in [5, 5.41) is 7.33. The predicted octanol–water partition coefficient (Wildman–Crippen LogP) is 4.34. The Kier molecular flexibility index (Phi) is 5.31. The van der Waals surface area contributed by atoms with Crippen molar-refractivity contribution in [3.8, 4) is 22.9 Å². The smallest absolute Gasteiger partial charge is 0.228 e. The Bertz CT molecular complexity index is 1160. The van der Waals surface area contributed by atoms with E-state index >= 15 is 0 Å². The maximum Gasteiger partial charge on any atom is 0.228 e. The largest absolute Gasteiger partial charge is 0.364 e. The zero-order chi connectivity index (χ0) is 20.2. The van der Waals surface area contributed by atoms with E-state index in [9.17, 15) is 4.79 Å². The third-order valence-electron chi connectivity index (χ3n) is 4.20. The van der Waals surface area contributed by atoms with Crippen molar-refractivity contribution >= 4 is 23.2 Å². The molecule has 29 heavy (non-hydrogen) atoms. The van der Waals surface area contributed by atoms with Crippen LogP contribution in [0.1, 0.15) is 11.1 Å². The minimum Gasteiger partial charge on any atom is -0.364 e. The Morgan fingerprint density at radius 2 is 2.00 bits per heavy atom. The van der Waals surface area contributed by atoms with Gasteiger partial charge in [0, 0.05) is 17.3 Å². The van der Waals surface area contributed by atoms with Crippen LogP contribution in [0, 0.1) is 6.92 Å². The highest BCUT2D eigenvalue weighted by atomic mass is 35.5. The number of nitrogens with one attached hydrogen (secondary N) is 1. The molecular weight excluding hydrogens is 390 g/mol. The molecule has 0 atom stereocenters. The monoisotopic (exact) mass is 405 g/mol. The molecule has 0 spiro atoms. The number of anilines is 1. The van der Waals surface area contributed by atoms with Crippen LogP contribution in [0.2, 0.25) is 5.02 Å². The first-order chi connectivity index (χ1) is 14.1. The van der Waals surface area contributed by atoms with Gasteiger partial charge in [0.05, 0.1) is 18.3 Å². The van der Waals surface area contributed by atoms with Gasteiger partial charge in [-0.2, -0.15) is 0 Å². The molecule has 0 fully saturated rings. The van der Waals surface area contributed by atoms with E-state index in [1.165, 1.54) is 6.26 Å². The molecule has 144 valence electrons. The van der Waals surface area contributed by atoms with Gasteiger partial charge in [-0.3, -0.25) is 9.78 Å². The number of nitrogens with zero attached hydrogens (tertiary/aromatic N) is 4. The Hall–Kier alpha value is -3.58. The SMILES string of the molecule is Cc1ccnc(-c2ncc(NC(=O)Cc3ccccc3Cl)c(-c3ccon3)n2)c1. The molecule has 3 heterocycles. The molecule has 0 aliphatic carbocycles. The number of carbonyl (C=O) groups excluding carboxylic acids is 1. The lowest BCUT2D eigenvalue weighted by atomic mass is 10.1. The number of pyridine rings is 1. The number of carbonyl (C=O) groups is 1. The molecule has 4 rings (SSSR count). The van der Waals surface area contributed by atoms with Gasteiger partial charge in [0.15, 0.2) is 5.82 Å². The Balaban J connectivity index is 1.66. The van der Waals surface area contributed by atoms with Gasteiger partial charge in [-0.1, -0.05) is 35.0 Å². The molecule has 0 unspecified atom stereocenters. The first-order valence-corrected chi connectivity index (χ1v) is 9.22. The zero-order valence-electron chi connectivity index (χ0n) is 15.5. The summed E-state index contributed by atoms with van der Waals surface area (Å²) in [6, 6.07) is 12.7. The Morgan fingerprint density at radius 3 is 2.76 bits per heavy atom. The van der Waals surface area contributed by atoms with Gasteiger partial charge in [0.1, 0.15) is 23.3 Å². The highest BCUT2D eigenvalue weighted by Gasteiger charge is 2.16. The normalized spacial score (nSPS) is 10.7. The van der Waals surface area contributed by atoms with E-state index in [0.717, 1.165) is 11.1 Å². The van der Waals surface area contributed by atoms with Crippen LogP contribution in [-0.2, 0) is 11.2 Å². The molecule has 4 aromatic rings. The van der Waals surface area contributed by atoms with E-state index in [-0.39, 0.29) is 12.3 Å². The maximum absolute atomic E-state index is 12.6. The highest BCUT2D eigenvalue weighted by molar-refractivity contribution is 6.31. The van der Waals surface area contributed by atoms with E-state index in [0.29, 0.717) is 33.6 Å². The molecule has 0 aliphatic heterocycles. The second kappa shape index (κ2) is 8.20. The average molecular weight is 406 g/mol. The Morgan fingerprint density at radius 1 is 1.14 bits per heavy atom. The molecule has 0 aliphatic rings. The van der Waals surface area contributed by atoms with Crippen molar-refractivity contribution < 1.29 is 9.32 Å². The quantitative estimate of drug-likeness (QED) is 0.531. The fraction of sp³-hybridized carbons (Fsp3) is 0.0952. The topological polar surface area (TPSA) is 93.8 Å². The minimum absolute atomic E-state index is 0.124. The third kappa shape index (κ3) is 4.30. The first kappa shape index (κ1) is 18.8. The van der Waals surface area contributed by atoms with Crippen LogP contribution in [0.15, 0.2) is 65.6 Å². The molecular formula is C21H16ClN5O2. The zero-order valence-corrected chi connectivity index (χ0v) is 16.2. The summed E-state index contributed by atoms with van der Waals surface area (Å²) in [6.07, 6.45) is 4.81. The minimum atomic E-state index is -0.243. The number of halogens is 1. The number of benzene rings is 1. The lowest BCUT2D eigenvalue weighted by molar-refractivity contribution is -0.115. The fourth-order valence-corrected chi connectivity index (χ4v) is 3.00. The molecule has 3 aromatic heterocycles. The number of aromatic nitrogens is 4. The lowest BCUT2D eigenvalue weighted by Gasteiger charge is -2.10. The van der Waals surface area contributed by atoms with E-state index in [2.05, 4.69) is 25.4 Å². The molecule has 8 heteroatoms. The first-order valence-electron chi connectivity index (χ1n) is 8.84. The number of rotatable bonds is 5. The van der Waals surface area contributed by atoms with Gasteiger partial charge in [0.2, 0.25) is 5.91 Å². The predicted molar refractivity (Wildman–Crippen MR) is 109 cm³/mol. The fourth-order valence-electron chi connectivity index (χ4n) is 2.79. The summed E-state index contributed by atoms with van der Waals surface area (Å²) < 4.78 is 4.95. The van der Waals surface area contributed by atoms with Gasteiger partial charge in [-0.25, -0.2) is 9.97 Å². The summed E-state index contributed by atoms with van der Waals surface area (Å²) in [4.78, 5) is 25.8. The van der Waals surface area contributed by atoms with Crippen LogP contribution in [0.25, 0.3) is 22.9 Å². The molecule has 0 radical (unpaired) electrons. The number of amides is 1. The second-order valence-corrected chi connectivity index (χ2v) is 6.78. The van der Waals surface area contributed by atoms with Gasteiger partial charge >= 0.3 is 0 Å². The van der Waals surface area contributed by atoms with Crippen molar-refractivity contribution in [3.05, 3.63) is 77.3 Å². The summed E-state index contributed by atoms with van der Waals surface area (Å²) in [5.41, 5.74) is 3.75. The Labute approximate surface area is 171 Å². The second-order valence-electron chi connectivity index (χ2n) is 6.38. The van der Waals surface area contributed by atoms with Gasteiger partial charge in [0.25, 0.3) is 0 Å². The molecule has 0 saturated carbocycles.